The van der Waals surface area contributed by atoms with Crippen LogP contribution in [0.25, 0.3) is 0 Å². The van der Waals surface area contributed by atoms with Gasteiger partial charge in [0.1, 0.15) is 11.6 Å². The van der Waals surface area contributed by atoms with E-state index in [4.69, 9.17) is 9.47 Å². The van der Waals surface area contributed by atoms with Crippen LogP contribution in [0.4, 0.5) is 13.2 Å². The summed E-state index contributed by atoms with van der Waals surface area (Å²) >= 11 is 0. The van der Waals surface area contributed by atoms with Crippen molar-refractivity contribution in [1.82, 2.24) is 0 Å². The predicted octanol–water partition coefficient (Wildman–Crippen LogP) is 9.71. The van der Waals surface area contributed by atoms with Gasteiger partial charge < -0.3 is 9.47 Å². The maximum atomic E-state index is 14.8. The van der Waals surface area contributed by atoms with Crippen molar-refractivity contribution in [1.29, 1.82) is 0 Å². The molecule has 2 aromatic rings. The molecule has 0 bridgehead atoms. The van der Waals surface area contributed by atoms with Gasteiger partial charge >= 0.3 is 0 Å². The van der Waals surface area contributed by atoms with Crippen molar-refractivity contribution in [2.24, 2.45) is 11.8 Å². The number of rotatable bonds is 11. The molecule has 0 aromatic heterocycles. The summed E-state index contributed by atoms with van der Waals surface area (Å²) in [6, 6.07) is 8.57. The lowest BCUT2D eigenvalue weighted by atomic mass is 9.79. The van der Waals surface area contributed by atoms with Crippen LogP contribution < -0.4 is 9.47 Å². The average Bonchev–Trinajstić information content (AvgIpc) is 2.91. The van der Waals surface area contributed by atoms with Gasteiger partial charge in [-0.3, -0.25) is 0 Å². The van der Waals surface area contributed by atoms with E-state index in [0.717, 1.165) is 69.8 Å². The normalized spacial score (nSPS) is 24.1. The Morgan fingerprint density at radius 2 is 1.41 bits per heavy atom. The highest BCUT2D eigenvalue weighted by Gasteiger charge is 2.27. The summed E-state index contributed by atoms with van der Waals surface area (Å²) in [5.41, 5.74) is 1.24. The standard InChI is InChI=1S/C32H43F3O2/c1-3-4-5-6-19-36-26-15-16-27(29(33)20-26)24-13-9-23(10-14-24)21-37-30-18-17-28(31(34)32(30)35)25-11-7-22(2)8-12-25/h15-18,20,22-25H,3-14,19,21H2,1-2H3. The molecule has 0 atom stereocenters. The summed E-state index contributed by atoms with van der Waals surface area (Å²) < 4.78 is 55.9. The predicted molar refractivity (Wildman–Crippen MR) is 143 cm³/mol. The molecule has 5 heteroatoms. The fourth-order valence-corrected chi connectivity index (χ4v) is 6.04. The highest BCUT2D eigenvalue weighted by atomic mass is 19.2. The van der Waals surface area contributed by atoms with Crippen molar-refractivity contribution < 1.29 is 22.6 Å². The Morgan fingerprint density at radius 3 is 2.11 bits per heavy atom. The first-order chi connectivity index (χ1) is 18.0. The van der Waals surface area contributed by atoms with Gasteiger partial charge in [-0.05, 0) is 91.9 Å². The van der Waals surface area contributed by atoms with Crippen molar-refractivity contribution in [2.45, 2.75) is 103 Å². The third-order valence-electron chi connectivity index (χ3n) is 8.53. The van der Waals surface area contributed by atoms with Crippen LogP contribution in [0.15, 0.2) is 30.3 Å². The van der Waals surface area contributed by atoms with Crippen LogP contribution >= 0.6 is 0 Å². The molecular weight excluding hydrogens is 473 g/mol. The van der Waals surface area contributed by atoms with Gasteiger partial charge in [-0.15, -0.1) is 0 Å². The third-order valence-corrected chi connectivity index (χ3v) is 8.53. The second kappa shape index (κ2) is 13.6. The van der Waals surface area contributed by atoms with Crippen molar-refractivity contribution >= 4 is 0 Å². The van der Waals surface area contributed by atoms with Crippen LogP contribution in [0, 0.1) is 29.3 Å². The summed E-state index contributed by atoms with van der Waals surface area (Å²) in [6.45, 7) is 5.37. The smallest absolute Gasteiger partial charge is 0.200 e. The number of halogens is 3. The minimum Gasteiger partial charge on any atom is -0.493 e. The van der Waals surface area contributed by atoms with E-state index in [-0.39, 0.29) is 29.3 Å². The molecule has 2 fully saturated rings. The third kappa shape index (κ3) is 7.45. The zero-order valence-electron chi connectivity index (χ0n) is 22.5. The minimum atomic E-state index is -0.862. The van der Waals surface area contributed by atoms with E-state index in [1.54, 1.807) is 12.1 Å². The molecule has 2 saturated carbocycles. The Bertz CT molecular complexity index is 992. The molecule has 0 heterocycles. The number of ether oxygens (including phenoxy) is 2. The zero-order chi connectivity index (χ0) is 26.2. The topological polar surface area (TPSA) is 18.5 Å². The second-order valence-corrected chi connectivity index (χ2v) is 11.4. The molecule has 0 saturated heterocycles. The molecule has 0 amide bonds. The van der Waals surface area contributed by atoms with E-state index < -0.39 is 11.6 Å². The molecular formula is C32H43F3O2. The maximum Gasteiger partial charge on any atom is 0.200 e. The Morgan fingerprint density at radius 1 is 0.730 bits per heavy atom. The lowest BCUT2D eigenvalue weighted by molar-refractivity contribution is 0.191. The van der Waals surface area contributed by atoms with Gasteiger partial charge in [-0.1, -0.05) is 58.1 Å². The van der Waals surface area contributed by atoms with E-state index >= 15 is 0 Å². The first-order valence-corrected chi connectivity index (χ1v) is 14.5. The van der Waals surface area contributed by atoms with Crippen molar-refractivity contribution in [2.75, 3.05) is 13.2 Å². The SMILES string of the molecule is CCCCCCOc1ccc(C2CCC(COc3ccc(C4CCC(C)CC4)c(F)c3F)CC2)c(F)c1. The first-order valence-electron chi connectivity index (χ1n) is 14.5. The molecule has 0 unspecified atom stereocenters. The Kier molecular flexibility index (Phi) is 10.2. The van der Waals surface area contributed by atoms with E-state index in [9.17, 15) is 13.2 Å². The van der Waals surface area contributed by atoms with Gasteiger partial charge in [0, 0.05) is 6.07 Å². The van der Waals surface area contributed by atoms with Crippen molar-refractivity contribution in [3.8, 4) is 11.5 Å². The van der Waals surface area contributed by atoms with Gasteiger partial charge in [0.05, 0.1) is 13.2 Å². The lowest BCUT2D eigenvalue weighted by Crippen LogP contribution is -2.20. The minimum absolute atomic E-state index is 0.00359. The number of unbranched alkanes of at least 4 members (excludes halogenated alkanes) is 3. The average molecular weight is 517 g/mol. The summed E-state index contributed by atoms with van der Waals surface area (Å²) in [6.07, 6.45) is 11.9. The summed E-state index contributed by atoms with van der Waals surface area (Å²) in [7, 11) is 0. The van der Waals surface area contributed by atoms with E-state index in [2.05, 4.69) is 13.8 Å². The molecule has 2 nitrogen and oxygen atoms in total. The van der Waals surface area contributed by atoms with Crippen LogP contribution in [0.5, 0.6) is 11.5 Å². The van der Waals surface area contributed by atoms with Crippen LogP contribution in [-0.4, -0.2) is 13.2 Å². The van der Waals surface area contributed by atoms with E-state index in [1.165, 1.54) is 18.9 Å². The monoisotopic (exact) mass is 516 g/mol. The molecule has 0 spiro atoms. The molecule has 0 radical (unpaired) electrons. The first kappa shape index (κ1) is 27.9. The number of hydrogen-bond donors (Lipinski definition) is 0. The highest BCUT2D eigenvalue weighted by molar-refractivity contribution is 5.34. The summed E-state index contributed by atoms with van der Waals surface area (Å²) in [5, 5.41) is 0. The highest BCUT2D eigenvalue weighted by Crippen LogP contribution is 2.40. The van der Waals surface area contributed by atoms with E-state index in [0.29, 0.717) is 30.4 Å². The van der Waals surface area contributed by atoms with Gasteiger partial charge in [0.2, 0.25) is 5.82 Å². The molecule has 2 aliphatic rings. The van der Waals surface area contributed by atoms with Gasteiger partial charge in [0.15, 0.2) is 11.6 Å². The molecule has 2 aliphatic carbocycles. The Balaban J connectivity index is 1.24. The lowest BCUT2D eigenvalue weighted by Gasteiger charge is -2.29. The van der Waals surface area contributed by atoms with Crippen LogP contribution in [0.2, 0.25) is 0 Å². The molecule has 204 valence electrons. The summed E-state index contributed by atoms with van der Waals surface area (Å²) in [5.74, 6) is -0.0192. The van der Waals surface area contributed by atoms with E-state index in [1.807, 2.05) is 12.1 Å². The molecule has 0 aliphatic heterocycles. The van der Waals surface area contributed by atoms with Gasteiger partial charge in [-0.2, -0.15) is 4.39 Å². The molecule has 0 N–H and O–H groups in total. The van der Waals surface area contributed by atoms with Crippen molar-refractivity contribution in [3.05, 3.63) is 58.9 Å². The Labute approximate surface area is 220 Å². The van der Waals surface area contributed by atoms with Gasteiger partial charge in [-0.25, -0.2) is 8.78 Å². The molecule has 2 aromatic carbocycles. The van der Waals surface area contributed by atoms with Crippen LogP contribution in [0.3, 0.4) is 0 Å². The Hall–Kier alpha value is -2.17. The van der Waals surface area contributed by atoms with Crippen LogP contribution in [0.1, 0.15) is 114 Å². The van der Waals surface area contributed by atoms with Crippen molar-refractivity contribution in [3.63, 3.8) is 0 Å². The largest absolute Gasteiger partial charge is 0.493 e. The zero-order valence-corrected chi connectivity index (χ0v) is 22.5. The molecule has 37 heavy (non-hydrogen) atoms. The second-order valence-electron chi connectivity index (χ2n) is 11.4. The fraction of sp³-hybridized carbons (Fsp3) is 0.625. The fourth-order valence-electron chi connectivity index (χ4n) is 6.04. The quantitative estimate of drug-likeness (QED) is 0.277. The summed E-state index contributed by atoms with van der Waals surface area (Å²) in [4.78, 5) is 0. The maximum absolute atomic E-state index is 14.8. The number of benzene rings is 2. The van der Waals surface area contributed by atoms with Gasteiger partial charge in [0.25, 0.3) is 0 Å². The number of hydrogen-bond acceptors (Lipinski definition) is 2. The van der Waals surface area contributed by atoms with Crippen LogP contribution in [-0.2, 0) is 0 Å². The molecule has 4 rings (SSSR count).